The highest BCUT2D eigenvalue weighted by atomic mass is 32.1. The predicted molar refractivity (Wildman–Crippen MR) is 42.6 cm³/mol. The van der Waals surface area contributed by atoms with Crippen molar-refractivity contribution < 1.29 is 19.8 Å². The lowest BCUT2D eigenvalue weighted by Gasteiger charge is -1.93. The number of anilines is 1. The van der Waals surface area contributed by atoms with Crippen LogP contribution in [-0.2, 0) is 0 Å². The van der Waals surface area contributed by atoms with E-state index in [9.17, 15) is 9.59 Å². The van der Waals surface area contributed by atoms with Crippen LogP contribution < -0.4 is 5.73 Å². The molecule has 0 unspecified atom stereocenters. The number of rotatable bonds is 2. The third kappa shape index (κ3) is 1.24. The van der Waals surface area contributed by atoms with Crippen LogP contribution in [0.2, 0.25) is 0 Å². The van der Waals surface area contributed by atoms with Crippen molar-refractivity contribution in [2.45, 2.75) is 0 Å². The molecule has 0 radical (unpaired) electrons. The Balaban J connectivity index is 3.31. The van der Waals surface area contributed by atoms with E-state index in [0.717, 1.165) is 11.3 Å². The fraction of sp³-hybridized carbons (Fsp3) is 0. The van der Waals surface area contributed by atoms with Gasteiger partial charge in [0.15, 0.2) is 0 Å². The molecular weight excluding hydrogens is 182 g/mol. The number of hydrogen-bond acceptors (Lipinski definition) is 4. The van der Waals surface area contributed by atoms with E-state index in [0.29, 0.717) is 0 Å². The lowest BCUT2D eigenvalue weighted by Crippen LogP contribution is -2.06. The van der Waals surface area contributed by atoms with Crippen molar-refractivity contribution in [1.29, 1.82) is 0 Å². The number of thiophene rings is 1. The van der Waals surface area contributed by atoms with E-state index in [4.69, 9.17) is 15.9 Å². The molecule has 0 aromatic carbocycles. The molecule has 0 amide bonds. The van der Waals surface area contributed by atoms with Gasteiger partial charge in [-0.05, 0) is 0 Å². The molecule has 5 nitrogen and oxygen atoms in total. The van der Waals surface area contributed by atoms with Gasteiger partial charge in [-0.3, -0.25) is 0 Å². The maximum atomic E-state index is 10.5. The van der Waals surface area contributed by atoms with Gasteiger partial charge in [0.25, 0.3) is 0 Å². The number of carboxylic acids is 2. The highest BCUT2D eigenvalue weighted by molar-refractivity contribution is 7.12. The number of hydrogen-bond donors (Lipinski definition) is 3. The van der Waals surface area contributed by atoms with Crippen molar-refractivity contribution in [3.63, 3.8) is 0 Å². The van der Waals surface area contributed by atoms with E-state index in [-0.39, 0.29) is 16.1 Å². The molecule has 12 heavy (non-hydrogen) atoms. The highest BCUT2D eigenvalue weighted by Gasteiger charge is 2.20. The van der Waals surface area contributed by atoms with E-state index in [1.165, 1.54) is 5.38 Å². The summed E-state index contributed by atoms with van der Waals surface area (Å²) in [7, 11) is 0. The topological polar surface area (TPSA) is 101 Å². The minimum atomic E-state index is -1.31. The Hall–Kier alpha value is -1.56. The number of aromatic carboxylic acids is 2. The Morgan fingerprint density at radius 2 is 1.92 bits per heavy atom. The Morgan fingerprint density at radius 3 is 2.25 bits per heavy atom. The molecule has 0 saturated heterocycles. The molecule has 0 aliphatic carbocycles. The number of nitrogens with two attached hydrogens (primary N) is 1. The van der Waals surface area contributed by atoms with Crippen LogP contribution >= 0.6 is 11.3 Å². The summed E-state index contributed by atoms with van der Waals surface area (Å²) in [5.74, 6) is -2.58. The van der Waals surface area contributed by atoms with E-state index >= 15 is 0 Å². The first-order chi connectivity index (χ1) is 5.54. The maximum Gasteiger partial charge on any atom is 0.346 e. The second-order valence-corrected chi connectivity index (χ2v) is 2.89. The molecule has 0 aliphatic heterocycles. The summed E-state index contributed by atoms with van der Waals surface area (Å²) < 4.78 is 0. The average Bonchev–Trinajstić information content (AvgIpc) is 2.30. The smallest absolute Gasteiger partial charge is 0.346 e. The van der Waals surface area contributed by atoms with Crippen molar-refractivity contribution in [3.8, 4) is 0 Å². The van der Waals surface area contributed by atoms with E-state index in [2.05, 4.69) is 0 Å². The molecule has 1 rings (SSSR count). The first-order valence-corrected chi connectivity index (χ1v) is 3.75. The summed E-state index contributed by atoms with van der Waals surface area (Å²) in [5.41, 5.74) is 4.91. The second kappa shape index (κ2) is 2.82. The monoisotopic (exact) mass is 187 g/mol. The van der Waals surface area contributed by atoms with Crippen molar-refractivity contribution >= 4 is 29.0 Å². The molecule has 4 N–H and O–H groups in total. The number of carboxylic acid groups (broad SMARTS) is 2. The van der Waals surface area contributed by atoms with Crippen molar-refractivity contribution in [1.82, 2.24) is 0 Å². The molecular formula is C6H5NO4S. The quantitative estimate of drug-likeness (QED) is 0.633. The van der Waals surface area contributed by atoms with Gasteiger partial charge in [0, 0.05) is 5.38 Å². The van der Waals surface area contributed by atoms with Crippen molar-refractivity contribution in [2.75, 3.05) is 5.73 Å². The van der Waals surface area contributed by atoms with Crippen LogP contribution in [0.1, 0.15) is 20.0 Å². The normalized spacial score (nSPS) is 9.67. The van der Waals surface area contributed by atoms with Crippen LogP contribution in [0.15, 0.2) is 5.38 Å². The summed E-state index contributed by atoms with van der Waals surface area (Å²) in [6.45, 7) is 0. The molecule has 64 valence electrons. The Labute approximate surface area is 71.1 Å². The van der Waals surface area contributed by atoms with Gasteiger partial charge in [0.05, 0.1) is 5.69 Å². The van der Waals surface area contributed by atoms with Crippen LogP contribution in [-0.4, -0.2) is 22.2 Å². The molecule has 1 heterocycles. The molecule has 0 bridgehead atoms. The van der Waals surface area contributed by atoms with Gasteiger partial charge in [-0.25, -0.2) is 9.59 Å². The lowest BCUT2D eigenvalue weighted by atomic mass is 10.2. The fourth-order valence-electron chi connectivity index (χ4n) is 0.749. The largest absolute Gasteiger partial charge is 0.478 e. The first kappa shape index (κ1) is 8.54. The minimum absolute atomic E-state index is 0.00935. The molecule has 1 aromatic heterocycles. The summed E-state index contributed by atoms with van der Waals surface area (Å²) in [6.07, 6.45) is 0. The van der Waals surface area contributed by atoms with Gasteiger partial charge < -0.3 is 15.9 Å². The summed E-state index contributed by atoms with van der Waals surface area (Å²) in [6, 6.07) is 0. The zero-order valence-corrected chi connectivity index (χ0v) is 6.59. The molecule has 0 aliphatic rings. The predicted octanol–water partition coefficient (Wildman–Crippen LogP) is 0.727. The standard InChI is InChI=1S/C6H5NO4S/c7-2-1-12-4(6(10)11)3(2)5(8)9/h1H,7H2,(H,8,9)(H,10,11). The summed E-state index contributed by atoms with van der Waals surface area (Å²) in [4.78, 5) is 20.7. The van der Waals surface area contributed by atoms with Gasteiger partial charge in [-0.2, -0.15) is 0 Å². The number of nitrogen functional groups attached to an aromatic ring is 1. The lowest BCUT2D eigenvalue weighted by molar-refractivity contribution is 0.0657. The molecule has 6 heteroatoms. The van der Waals surface area contributed by atoms with E-state index in [1.807, 2.05) is 0 Å². The van der Waals surface area contributed by atoms with Crippen LogP contribution in [0.5, 0.6) is 0 Å². The number of carbonyl (C=O) groups is 2. The van der Waals surface area contributed by atoms with Gasteiger partial charge in [-0.15, -0.1) is 11.3 Å². The molecule has 1 aromatic rings. The van der Waals surface area contributed by atoms with Gasteiger partial charge in [0.1, 0.15) is 10.4 Å². The zero-order chi connectivity index (χ0) is 9.30. The summed E-state index contributed by atoms with van der Waals surface area (Å²) >= 11 is 0.807. The third-order valence-corrected chi connectivity index (χ3v) is 2.21. The van der Waals surface area contributed by atoms with Crippen LogP contribution in [0.25, 0.3) is 0 Å². The van der Waals surface area contributed by atoms with E-state index < -0.39 is 11.9 Å². The molecule has 0 fully saturated rings. The van der Waals surface area contributed by atoms with Gasteiger partial charge >= 0.3 is 11.9 Å². The van der Waals surface area contributed by atoms with Crippen molar-refractivity contribution in [2.24, 2.45) is 0 Å². The SMILES string of the molecule is Nc1csc(C(=O)O)c1C(=O)O. The fourth-order valence-corrected chi connectivity index (χ4v) is 1.54. The zero-order valence-electron chi connectivity index (χ0n) is 5.77. The molecule has 0 spiro atoms. The van der Waals surface area contributed by atoms with Crippen LogP contribution in [0.3, 0.4) is 0 Å². The maximum absolute atomic E-state index is 10.5. The first-order valence-electron chi connectivity index (χ1n) is 2.87. The Kier molecular flexibility index (Phi) is 2.01. The van der Waals surface area contributed by atoms with E-state index in [1.54, 1.807) is 0 Å². The van der Waals surface area contributed by atoms with Gasteiger partial charge in [-0.1, -0.05) is 0 Å². The second-order valence-electron chi connectivity index (χ2n) is 2.01. The highest BCUT2D eigenvalue weighted by Crippen LogP contribution is 2.24. The minimum Gasteiger partial charge on any atom is -0.478 e. The summed E-state index contributed by atoms with van der Waals surface area (Å²) in [5, 5.41) is 18.4. The average molecular weight is 187 g/mol. The Morgan fingerprint density at radius 1 is 1.33 bits per heavy atom. The van der Waals surface area contributed by atoms with Crippen LogP contribution in [0, 0.1) is 0 Å². The van der Waals surface area contributed by atoms with Crippen LogP contribution in [0.4, 0.5) is 5.69 Å². The van der Waals surface area contributed by atoms with Gasteiger partial charge in [0.2, 0.25) is 0 Å². The van der Waals surface area contributed by atoms with Crippen molar-refractivity contribution in [3.05, 3.63) is 15.8 Å². The molecule has 0 saturated carbocycles. The third-order valence-electron chi connectivity index (χ3n) is 1.23. The Bertz CT molecular complexity index is 343. The molecule has 0 atom stereocenters.